The van der Waals surface area contributed by atoms with Crippen molar-refractivity contribution in [1.82, 2.24) is 14.7 Å². The maximum absolute atomic E-state index is 12.7. The quantitative estimate of drug-likeness (QED) is 0.892. The topological polar surface area (TPSA) is 58.4 Å². The van der Waals surface area contributed by atoms with Gasteiger partial charge in [-0.15, -0.1) is 0 Å². The van der Waals surface area contributed by atoms with Crippen LogP contribution >= 0.6 is 0 Å². The lowest BCUT2D eigenvalue weighted by Gasteiger charge is -2.21. The van der Waals surface area contributed by atoms with Gasteiger partial charge in [-0.2, -0.15) is 5.10 Å². The van der Waals surface area contributed by atoms with E-state index in [9.17, 15) is 9.90 Å². The Morgan fingerprint density at radius 3 is 2.65 bits per heavy atom. The van der Waals surface area contributed by atoms with E-state index in [4.69, 9.17) is 0 Å². The van der Waals surface area contributed by atoms with Crippen LogP contribution in [0, 0.1) is 0 Å². The molecular formula is C18H23N3O2. The molecule has 1 saturated carbocycles. The molecule has 5 nitrogen and oxygen atoms in total. The van der Waals surface area contributed by atoms with Crippen molar-refractivity contribution in [3.8, 4) is 0 Å². The van der Waals surface area contributed by atoms with Gasteiger partial charge in [0.25, 0.3) is 5.91 Å². The van der Waals surface area contributed by atoms with Crippen LogP contribution in [0.1, 0.15) is 47.8 Å². The third-order valence-corrected chi connectivity index (χ3v) is 4.40. The van der Waals surface area contributed by atoms with E-state index < -0.39 is 0 Å². The first kappa shape index (κ1) is 15.7. The van der Waals surface area contributed by atoms with Gasteiger partial charge in [-0.25, -0.2) is 0 Å². The molecule has 0 saturated heterocycles. The normalized spacial score (nSPS) is 15.0. The molecule has 23 heavy (non-hydrogen) atoms. The minimum Gasteiger partial charge on any atom is -0.395 e. The molecule has 1 amide bonds. The summed E-state index contributed by atoms with van der Waals surface area (Å²) in [5.74, 6) is -0.125. The van der Waals surface area contributed by atoms with Gasteiger partial charge < -0.3 is 10.0 Å². The monoisotopic (exact) mass is 313 g/mol. The molecule has 1 fully saturated rings. The van der Waals surface area contributed by atoms with Crippen molar-refractivity contribution >= 4 is 5.91 Å². The number of aliphatic hydroxyl groups is 1. The van der Waals surface area contributed by atoms with Crippen molar-refractivity contribution in [2.75, 3.05) is 13.2 Å². The van der Waals surface area contributed by atoms with Gasteiger partial charge in [-0.05, 0) is 24.5 Å². The summed E-state index contributed by atoms with van der Waals surface area (Å²) in [7, 11) is 0. The average molecular weight is 313 g/mol. The van der Waals surface area contributed by atoms with Crippen molar-refractivity contribution in [2.24, 2.45) is 0 Å². The molecule has 5 heteroatoms. The number of aliphatic hydroxyl groups excluding tert-OH is 1. The Balaban J connectivity index is 1.72. The van der Waals surface area contributed by atoms with Crippen LogP contribution in [0.25, 0.3) is 0 Å². The minimum absolute atomic E-state index is 0.0537. The second kappa shape index (κ2) is 7.42. The standard InChI is InChI=1S/C18H23N3O2/c22-13-12-20(14-15-6-2-1-3-7-15)18(23)17-10-11-21(19-17)16-8-4-5-9-16/h1-3,6-7,10-11,16,22H,4-5,8-9,12-14H2. The molecule has 3 rings (SSSR count). The van der Waals surface area contributed by atoms with Crippen LogP contribution in [0.5, 0.6) is 0 Å². The van der Waals surface area contributed by atoms with Crippen LogP contribution in [0.2, 0.25) is 0 Å². The third kappa shape index (κ3) is 3.79. The summed E-state index contributed by atoms with van der Waals surface area (Å²) in [6.07, 6.45) is 6.65. The maximum Gasteiger partial charge on any atom is 0.274 e. The fourth-order valence-electron chi connectivity index (χ4n) is 3.16. The smallest absolute Gasteiger partial charge is 0.274 e. The summed E-state index contributed by atoms with van der Waals surface area (Å²) in [5.41, 5.74) is 1.51. The van der Waals surface area contributed by atoms with Gasteiger partial charge in [-0.3, -0.25) is 9.48 Å². The number of carbonyl (C=O) groups excluding carboxylic acids is 1. The molecular weight excluding hydrogens is 290 g/mol. The zero-order chi connectivity index (χ0) is 16.1. The van der Waals surface area contributed by atoms with Crippen LogP contribution in [0.15, 0.2) is 42.6 Å². The van der Waals surface area contributed by atoms with E-state index in [0.717, 1.165) is 18.4 Å². The fourth-order valence-corrected chi connectivity index (χ4v) is 3.16. The predicted molar refractivity (Wildman–Crippen MR) is 88.0 cm³/mol. The summed E-state index contributed by atoms with van der Waals surface area (Å²) in [4.78, 5) is 14.4. The zero-order valence-electron chi connectivity index (χ0n) is 13.3. The number of amides is 1. The van der Waals surface area contributed by atoms with Crippen molar-refractivity contribution in [3.63, 3.8) is 0 Å². The molecule has 1 aliphatic carbocycles. The van der Waals surface area contributed by atoms with Crippen molar-refractivity contribution in [3.05, 3.63) is 53.9 Å². The summed E-state index contributed by atoms with van der Waals surface area (Å²) >= 11 is 0. The van der Waals surface area contributed by atoms with Gasteiger partial charge in [0.15, 0.2) is 0 Å². The number of carbonyl (C=O) groups is 1. The van der Waals surface area contributed by atoms with Crippen LogP contribution in [-0.4, -0.2) is 38.8 Å². The molecule has 1 heterocycles. The largest absolute Gasteiger partial charge is 0.395 e. The molecule has 0 aliphatic heterocycles. The summed E-state index contributed by atoms with van der Waals surface area (Å²) in [5, 5.41) is 13.7. The Morgan fingerprint density at radius 2 is 1.96 bits per heavy atom. The van der Waals surface area contributed by atoms with E-state index in [0.29, 0.717) is 24.8 Å². The number of benzene rings is 1. The average Bonchev–Trinajstić information content (AvgIpc) is 3.26. The highest BCUT2D eigenvalue weighted by Gasteiger charge is 2.22. The van der Waals surface area contributed by atoms with Gasteiger partial charge in [0.1, 0.15) is 5.69 Å². The van der Waals surface area contributed by atoms with Crippen molar-refractivity contribution in [1.29, 1.82) is 0 Å². The first-order valence-corrected chi connectivity index (χ1v) is 8.27. The van der Waals surface area contributed by atoms with E-state index in [1.807, 2.05) is 41.2 Å². The predicted octanol–water partition coefficient (Wildman–Crippen LogP) is 2.63. The maximum atomic E-state index is 12.7. The molecule has 1 aromatic carbocycles. The first-order valence-electron chi connectivity index (χ1n) is 8.27. The Morgan fingerprint density at radius 1 is 1.22 bits per heavy atom. The molecule has 0 bridgehead atoms. The Bertz CT molecular complexity index is 633. The number of hydrogen-bond donors (Lipinski definition) is 1. The van der Waals surface area contributed by atoms with Gasteiger partial charge in [0.05, 0.1) is 12.6 Å². The highest BCUT2D eigenvalue weighted by Crippen LogP contribution is 2.28. The summed E-state index contributed by atoms with van der Waals surface area (Å²) in [6, 6.07) is 12.0. The lowest BCUT2D eigenvalue weighted by Crippen LogP contribution is -2.33. The molecule has 1 N–H and O–H groups in total. The lowest BCUT2D eigenvalue weighted by atomic mass is 10.2. The van der Waals surface area contributed by atoms with Gasteiger partial charge in [0.2, 0.25) is 0 Å². The molecule has 0 radical (unpaired) electrons. The van der Waals surface area contributed by atoms with E-state index >= 15 is 0 Å². The highest BCUT2D eigenvalue weighted by molar-refractivity contribution is 5.92. The SMILES string of the molecule is O=C(c1ccn(C2CCCC2)n1)N(CCO)Cc1ccccc1. The van der Waals surface area contributed by atoms with Crippen LogP contribution in [-0.2, 0) is 6.54 Å². The third-order valence-electron chi connectivity index (χ3n) is 4.40. The second-order valence-electron chi connectivity index (χ2n) is 6.06. The first-order chi connectivity index (χ1) is 11.3. The van der Waals surface area contributed by atoms with Gasteiger partial charge in [0, 0.05) is 19.3 Å². The molecule has 1 aliphatic rings. The van der Waals surface area contributed by atoms with Crippen LogP contribution in [0.3, 0.4) is 0 Å². The van der Waals surface area contributed by atoms with Crippen LogP contribution in [0.4, 0.5) is 0 Å². The van der Waals surface area contributed by atoms with Crippen molar-refractivity contribution < 1.29 is 9.90 Å². The van der Waals surface area contributed by atoms with E-state index in [2.05, 4.69) is 5.10 Å². The fraction of sp³-hybridized carbons (Fsp3) is 0.444. The number of nitrogens with zero attached hydrogens (tertiary/aromatic N) is 3. The molecule has 122 valence electrons. The Hall–Kier alpha value is -2.14. The minimum atomic E-state index is -0.125. The summed E-state index contributed by atoms with van der Waals surface area (Å²) < 4.78 is 1.93. The van der Waals surface area contributed by atoms with Crippen molar-refractivity contribution in [2.45, 2.75) is 38.3 Å². The number of hydrogen-bond acceptors (Lipinski definition) is 3. The van der Waals surface area contributed by atoms with E-state index in [1.165, 1.54) is 12.8 Å². The van der Waals surface area contributed by atoms with E-state index in [1.54, 1.807) is 11.0 Å². The zero-order valence-corrected chi connectivity index (χ0v) is 13.3. The van der Waals surface area contributed by atoms with Gasteiger partial charge >= 0.3 is 0 Å². The molecule has 0 unspecified atom stereocenters. The molecule has 0 spiro atoms. The van der Waals surface area contributed by atoms with E-state index in [-0.39, 0.29) is 12.5 Å². The Kier molecular flexibility index (Phi) is 5.08. The Labute approximate surface area is 136 Å². The lowest BCUT2D eigenvalue weighted by molar-refractivity contribution is 0.0700. The second-order valence-corrected chi connectivity index (χ2v) is 6.06. The van der Waals surface area contributed by atoms with Gasteiger partial charge in [-0.1, -0.05) is 43.2 Å². The molecule has 0 atom stereocenters. The number of aromatic nitrogens is 2. The summed E-state index contributed by atoms with van der Waals surface area (Å²) in [6.45, 7) is 0.739. The number of rotatable bonds is 6. The van der Waals surface area contributed by atoms with Crippen LogP contribution < -0.4 is 0 Å². The highest BCUT2D eigenvalue weighted by atomic mass is 16.3. The molecule has 1 aromatic heterocycles. The molecule has 2 aromatic rings.